The number of aromatic amines is 1. The molecule has 0 aliphatic carbocycles. The zero-order valence-corrected chi connectivity index (χ0v) is 20.2. The van der Waals surface area contributed by atoms with E-state index in [2.05, 4.69) is 88.9 Å². The largest absolute Gasteiger partial charge is 0.385 e. The summed E-state index contributed by atoms with van der Waals surface area (Å²) in [6.07, 6.45) is 3.38. The molecule has 0 radical (unpaired) electrons. The fourth-order valence-electron chi connectivity index (χ4n) is 5.36. The number of rotatable bonds is 4. The number of hydrogen-bond acceptors (Lipinski definition) is 4. The molecule has 2 aromatic carbocycles. The number of nitrogens with zero attached hydrogens (tertiary/aromatic N) is 3. The van der Waals surface area contributed by atoms with Crippen LogP contribution in [0.5, 0.6) is 0 Å². The minimum Gasteiger partial charge on any atom is -0.385 e. The summed E-state index contributed by atoms with van der Waals surface area (Å²) in [6.45, 7) is 7.36. The third-order valence-electron chi connectivity index (χ3n) is 7.31. The van der Waals surface area contributed by atoms with Crippen LogP contribution >= 0.6 is 0 Å². The first-order chi connectivity index (χ1) is 16.6. The number of carbonyl (C=O) groups excluding carboxylic acids is 1. The molecular weight excluding hydrogens is 422 g/mol. The maximum Gasteiger partial charge on any atom is 0.274 e. The molecule has 3 heterocycles. The number of aromatic nitrogens is 2. The molecule has 0 unspecified atom stereocenters. The molecule has 2 bridgehead atoms. The van der Waals surface area contributed by atoms with Crippen molar-refractivity contribution in [2.45, 2.75) is 64.2 Å². The molecule has 1 fully saturated rings. The number of fused-ring (bicyclic) bond motifs is 3. The van der Waals surface area contributed by atoms with Crippen LogP contribution in [-0.2, 0) is 13.1 Å². The summed E-state index contributed by atoms with van der Waals surface area (Å²) in [7, 11) is 0. The number of anilines is 1. The lowest BCUT2D eigenvalue weighted by Gasteiger charge is -2.33. The summed E-state index contributed by atoms with van der Waals surface area (Å²) in [5.41, 5.74) is 5.11. The van der Waals surface area contributed by atoms with E-state index >= 15 is 0 Å². The quantitative estimate of drug-likeness (QED) is 0.577. The van der Waals surface area contributed by atoms with Gasteiger partial charge >= 0.3 is 0 Å². The first-order valence-corrected chi connectivity index (χ1v) is 12.5. The van der Waals surface area contributed by atoms with Crippen LogP contribution in [0.4, 0.5) is 5.69 Å². The lowest BCUT2D eigenvalue weighted by Crippen LogP contribution is -2.45. The second kappa shape index (κ2) is 10.0. The normalized spacial score (nSPS) is 21.1. The van der Waals surface area contributed by atoms with Gasteiger partial charge in [0.2, 0.25) is 0 Å². The van der Waals surface area contributed by atoms with E-state index in [-0.39, 0.29) is 5.91 Å². The van der Waals surface area contributed by atoms with Gasteiger partial charge in [0.15, 0.2) is 0 Å². The van der Waals surface area contributed by atoms with E-state index in [1.165, 1.54) is 12.0 Å². The zero-order valence-electron chi connectivity index (χ0n) is 20.2. The molecule has 5 rings (SSSR count). The summed E-state index contributed by atoms with van der Waals surface area (Å²) < 4.78 is 0. The number of amides is 1. The van der Waals surface area contributed by atoms with E-state index in [1.54, 1.807) is 0 Å². The first kappa shape index (κ1) is 22.7. The highest BCUT2D eigenvalue weighted by molar-refractivity contribution is 5.92. The maximum absolute atomic E-state index is 13.7. The molecule has 1 amide bonds. The first-order valence-electron chi connectivity index (χ1n) is 12.5. The van der Waals surface area contributed by atoms with Gasteiger partial charge in [0.05, 0.1) is 0 Å². The minimum atomic E-state index is 0.000288. The number of hydrogen-bond donors (Lipinski definition) is 2. The molecule has 2 N–H and O–H groups in total. The Labute approximate surface area is 202 Å². The van der Waals surface area contributed by atoms with Gasteiger partial charge in [-0.05, 0) is 48.4 Å². The molecular formula is C28H35N5O. The average Bonchev–Trinajstić information content (AvgIpc) is 3.47. The molecule has 34 heavy (non-hydrogen) atoms. The topological polar surface area (TPSA) is 64.3 Å². The van der Waals surface area contributed by atoms with Crippen LogP contribution in [0.1, 0.15) is 66.3 Å². The van der Waals surface area contributed by atoms with Crippen molar-refractivity contribution >= 4 is 11.6 Å². The number of H-pyrrole nitrogens is 1. The predicted octanol–water partition coefficient (Wildman–Crippen LogP) is 5.02. The zero-order chi connectivity index (χ0) is 23.5. The summed E-state index contributed by atoms with van der Waals surface area (Å²) >= 11 is 0. The lowest BCUT2D eigenvalue weighted by atomic mass is 10.1. The summed E-state index contributed by atoms with van der Waals surface area (Å²) in [4.78, 5) is 18.4. The molecule has 1 aromatic heterocycles. The number of benzene rings is 2. The van der Waals surface area contributed by atoms with Gasteiger partial charge in [-0.15, -0.1) is 0 Å². The van der Waals surface area contributed by atoms with Crippen LogP contribution in [0, 0.1) is 0 Å². The third-order valence-corrected chi connectivity index (χ3v) is 7.31. The molecule has 1 saturated heterocycles. The van der Waals surface area contributed by atoms with Gasteiger partial charge in [0, 0.05) is 49.6 Å². The molecule has 2 aliphatic rings. The van der Waals surface area contributed by atoms with Crippen LogP contribution in [0.25, 0.3) is 0 Å². The Morgan fingerprint density at radius 1 is 1.03 bits per heavy atom. The highest BCUT2D eigenvalue weighted by Gasteiger charge is 2.36. The minimum absolute atomic E-state index is 0.000288. The predicted molar refractivity (Wildman–Crippen MR) is 136 cm³/mol. The highest BCUT2D eigenvalue weighted by Crippen LogP contribution is 2.31. The van der Waals surface area contributed by atoms with Crippen LogP contribution in [0.2, 0.25) is 0 Å². The smallest absolute Gasteiger partial charge is 0.274 e. The Morgan fingerprint density at radius 3 is 2.59 bits per heavy atom. The van der Waals surface area contributed by atoms with Gasteiger partial charge in [-0.3, -0.25) is 14.8 Å². The van der Waals surface area contributed by atoms with Crippen molar-refractivity contribution in [3.8, 4) is 0 Å². The van der Waals surface area contributed by atoms with Gasteiger partial charge in [0.25, 0.3) is 5.91 Å². The fourth-order valence-corrected chi connectivity index (χ4v) is 5.36. The Kier molecular flexibility index (Phi) is 6.68. The standard InChI is InChI=1S/C28H35N5O/c1-20(2)26-16-27(31-30-26)28(34)32-18-22-10-6-7-11-25(22)29-15-14-23-12-13-24(19-32)33(23)17-21-8-4-3-5-9-21/h3-11,16,20,23-24,29H,12-15,17-19H2,1-2H3,(H,30,31)/t23-,24+/m0/s1. The van der Waals surface area contributed by atoms with Crippen molar-refractivity contribution < 1.29 is 4.79 Å². The van der Waals surface area contributed by atoms with Crippen molar-refractivity contribution in [2.75, 3.05) is 18.4 Å². The monoisotopic (exact) mass is 457 g/mol. The summed E-state index contributed by atoms with van der Waals surface area (Å²) in [6, 6.07) is 21.9. The van der Waals surface area contributed by atoms with E-state index in [0.717, 1.165) is 42.9 Å². The molecule has 6 nitrogen and oxygen atoms in total. The molecule has 178 valence electrons. The Bertz CT molecular complexity index is 1110. The van der Waals surface area contributed by atoms with Gasteiger partial charge in [-0.2, -0.15) is 5.10 Å². The molecule has 2 aliphatic heterocycles. The SMILES string of the molecule is CC(C)c1cc(C(=O)N2Cc3ccccc3NCC[C@@H]3CC[C@H](C2)N3Cc2ccccc2)n[nH]1. The van der Waals surface area contributed by atoms with Gasteiger partial charge in [-0.1, -0.05) is 62.4 Å². The second-order valence-corrected chi connectivity index (χ2v) is 9.96. The molecule has 6 heteroatoms. The second-order valence-electron chi connectivity index (χ2n) is 9.96. The summed E-state index contributed by atoms with van der Waals surface area (Å²) in [5, 5.41) is 11.1. The number of nitrogens with one attached hydrogen (secondary N) is 2. The van der Waals surface area contributed by atoms with Crippen molar-refractivity contribution in [3.63, 3.8) is 0 Å². The van der Waals surface area contributed by atoms with Crippen molar-refractivity contribution in [1.29, 1.82) is 0 Å². The van der Waals surface area contributed by atoms with Crippen molar-refractivity contribution in [2.24, 2.45) is 0 Å². The van der Waals surface area contributed by atoms with Crippen molar-refractivity contribution in [1.82, 2.24) is 20.0 Å². The van der Waals surface area contributed by atoms with Crippen LogP contribution in [0.3, 0.4) is 0 Å². The van der Waals surface area contributed by atoms with E-state index in [4.69, 9.17) is 0 Å². The summed E-state index contributed by atoms with van der Waals surface area (Å²) in [5.74, 6) is 0.304. The fraction of sp³-hybridized carbons (Fsp3) is 0.429. The van der Waals surface area contributed by atoms with Crippen LogP contribution in [0.15, 0.2) is 60.7 Å². The molecule has 0 saturated carbocycles. The maximum atomic E-state index is 13.7. The Balaban J connectivity index is 1.46. The van der Waals surface area contributed by atoms with E-state index in [1.807, 2.05) is 11.0 Å². The van der Waals surface area contributed by atoms with Gasteiger partial charge in [0.1, 0.15) is 5.69 Å². The van der Waals surface area contributed by atoms with Gasteiger partial charge < -0.3 is 10.2 Å². The van der Waals surface area contributed by atoms with Crippen LogP contribution < -0.4 is 5.32 Å². The van der Waals surface area contributed by atoms with Crippen molar-refractivity contribution in [3.05, 3.63) is 83.2 Å². The molecule has 2 atom stereocenters. The van der Waals surface area contributed by atoms with Crippen LogP contribution in [-0.4, -0.2) is 51.1 Å². The Morgan fingerprint density at radius 2 is 1.79 bits per heavy atom. The third kappa shape index (κ3) is 4.87. The number of para-hydroxylation sites is 1. The average molecular weight is 458 g/mol. The highest BCUT2D eigenvalue weighted by atomic mass is 16.2. The van der Waals surface area contributed by atoms with E-state index in [9.17, 15) is 4.79 Å². The number of carbonyl (C=O) groups is 1. The molecule has 0 spiro atoms. The lowest BCUT2D eigenvalue weighted by molar-refractivity contribution is 0.0657. The van der Waals surface area contributed by atoms with E-state index < -0.39 is 0 Å². The molecule has 3 aromatic rings. The van der Waals surface area contributed by atoms with Gasteiger partial charge in [-0.25, -0.2) is 0 Å². The Hall–Kier alpha value is -3.12. The van der Waals surface area contributed by atoms with E-state index in [0.29, 0.717) is 36.8 Å².